The maximum atomic E-state index is 5.37. The molecule has 0 fully saturated rings. The molecule has 0 aliphatic carbocycles. The number of hydrogen-bond acceptors (Lipinski definition) is 2. The van der Waals surface area contributed by atoms with Crippen LogP contribution in [-0.4, -0.2) is 19.3 Å². The zero-order valence-corrected chi connectivity index (χ0v) is 11.2. The number of aromatic amines is 1. The van der Waals surface area contributed by atoms with Gasteiger partial charge in [0, 0.05) is 13.2 Å². The second kappa shape index (κ2) is 4.10. The quantitative estimate of drug-likeness (QED) is 0.718. The van der Waals surface area contributed by atoms with Gasteiger partial charge in [0.15, 0.2) is 4.77 Å². The van der Waals surface area contributed by atoms with E-state index in [4.69, 9.17) is 12.2 Å². The normalized spacial score (nSPS) is 11.2. The van der Waals surface area contributed by atoms with Crippen LogP contribution in [0.3, 0.4) is 0 Å². The van der Waals surface area contributed by atoms with E-state index in [9.17, 15) is 0 Å². The first kappa shape index (κ1) is 11.2. The summed E-state index contributed by atoms with van der Waals surface area (Å²) in [6.45, 7) is 2.77. The molecule has 0 bridgehead atoms. The zero-order valence-electron chi connectivity index (χ0n) is 10.3. The molecule has 0 amide bonds. The first-order valence-corrected chi connectivity index (χ1v) is 6.22. The lowest BCUT2D eigenvalue weighted by atomic mass is 10.2. The third kappa shape index (κ3) is 1.86. The molecule has 0 spiro atoms. The number of imidazole rings is 1. The van der Waals surface area contributed by atoms with Gasteiger partial charge in [0.2, 0.25) is 0 Å². The molecule has 3 rings (SSSR count). The van der Waals surface area contributed by atoms with E-state index in [1.54, 1.807) is 4.68 Å². The van der Waals surface area contributed by atoms with Crippen LogP contribution in [0.15, 0.2) is 30.5 Å². The van der Waals surface area contributed by atoms with Crippen LogP contribution in [0.1, 0.15) is 11.3 Å². The third-order valence-electron chi connectivity index (χ3n) is 3.02. The lowest BCUT2D eigenvalue weighted by Crippen LogP contribution is -2.01. The van der Waals surface area contributed by atoms with E-state index < -0.39 is 0 Å². The maximum Gasteiger partial charge on any atom is 0.178 e. The molecule has 0 saturated carbocycles. The lowest BCUT2D eigenvalue weighted by molar-refractivity contribution is 0.710. The molecular weight excluding hydrogens is 244 g/mol. The van der Waals surface area contributed by atoms with Crippen LogP contribution in [0.5, 0.6) is 0 Å². The number of nitrogens with zero attached hydrogens (tertiary/aromatic N) is 3. The average molecular weight is 258 g/mol. The molecule has 18 heavy (non-hydrogen) atoms. The fraction of sp³-hybridized carbons (Fsp3) is 0.231. The summed E-state index contributed by atoms with van der Waals surface area (Å²) in [7, 11) is 1.92. The number of H-pyrrole nitrogens is 1. The highest BCUT2D eigenvalue weighted by Gasteiger charge is 2.06. The molecule has 2 aromatic heterocycles. The fourth-order valence-electron chi connectivity index (χ4n) is 2.14. The van der Waals surface area contributed by atoms with E-state index in [-0.39, 0.29) is 0 Å². The zero-order chi connectivity index (χ0) is 12.7. The van der Waals surface area contributed by atoms with Crippen molar-refractivity contribution in [2.75, 3.05) is 0 Å². The SMILES string of the molecule is Cc1ccc2c(c1)[nH]c(=S)n2Cc1ccn(C)n1. The van der Waals surface area contributed by atoms with Gasteiger partial charge in [0.05, 0.1) is 23.3 Å². The topological polar surface area (TPSA) is 38.5 Å². The number of aryl methyl sites for hydroxylation is 2. The van der Waals surface area contributed by atoms with Crippen LogP contribution in [0.4, 0.5) is 0 Å². The molecule has 0 aliphatic rings. The Morgan fingerprint density at radius 2 is 2.17 bits per heavy atom. The monoisotopic (exact) mass is 258 g/mol. The van der Waals surface area contributed by atoms with Gasteiger partial charge in [0.1, 0.15) is 0 Å². The Morgan fingerprint density at radius 1 is 1.33 bits per heavy atom. The first-order valence-electron chi connectivity index (χ1n) is 5.81. The molecule has 0 saturated heterocycles. The number of aromatic nitrogens is 4. The lowest BCUT2D eigenvalue weighted by Gasteiger charge is -2.02. The third-order valence-corrected chi connectivity index (χ3v) is 3.34. The number of benzene rings is 1. The summed E-state index contributed by atoms with van der Waals surface area (Å²) < 4.78 is 4.62. The van der Waals surface area contributed by atoms with E-state index in [0.717, 1.165) is 21.5 Å². The molecule has 3 aromatic rings. The average Bonchev–Trinajstić information content (AvgIpc) is 2.84. The molecule has 92 valence electrons. The minimum Gasteiger partial charge on any atom is -0.331 e. The van der Waals surface area contributed by atoms with Gasteiger partial charge < -0.3 is 9.55 Å². The van der Waals surface area contributed by atoms with Gasteiger partial charge in [0.25, 0.3) is 0 Å². The molecule has 0 aliphatic heterocycles. The van der Waals surface area contributed by atoms with E-state index in [2.05, 4.69) is 39.8 Å². The first-order chi connectivity index (χ1) is 8.63. The van der Waals surface area contributed by atoms with Gasteiger partial charge >= 0.3 is 0 Å². The van der Waals surface area contributed by atoms with E-state index in [1.165, 1.54) is 5.56 Å². The van der Waals surface area contributed by atoms with Gasteiger partial charge in [-0.15, -0.1) is 0 Å². The maximum absolute atomic E-state index is 5.37. The highest BCUT2D eigenvalue weighted by molar-refractivity contribution is 7.71. The van der Waals surface area contributed by atoms with Crippen molar-refractivity contribution in [3.8, 4) is 0 Å². The molecule has 1 N–H and O–H groups in total. The van der Waals surface area contributed by atoms with Crippen molar-refractivity contribution < 1.29 is 0 Å². The van der Waals surface area contributed by atoms with Crippen LogP contribution in [0.2, 0.25) is 0 Å². The standard InChI is InChI=1S/C13H14N4S/c1-9-3-4-12-11(7-9)14-13(18)17(12)8-10-5-6-16(2)15-10/h3-7H,8H2,1-2H3,(H,14,18). The predicted octanol–water partition coefficient (Wildman–Crippen LogP) is 2.79. The molecule has 1 aromatic carbocycles. The fourth-order valence-corrected chi connectivity index (χ4v) is 2.42. The minimum absolute atomic E-state index is 0.697. The Hall–Kier alpha value is -1.88. The van der Waals surface area contributed by atoms with Crippen LogP contribution >= 0.6 is 12.2 Å². The van der Waals surface area contributed by atoms with Gasteiger partial charge in [-0.3, -0.25) is 4.68 Å². The van der Waals surface area contributed by atoms with Crippen molar-refractivity contribution in [1.82, 2.24) is 19.3 Å². The van der Waals surface area contributed by atoms with Crippen LogP contribution in [0.25, 0.3) is 11.0 Å². The minimum atomic E-state index is 0.697. The van der Waals surface area contributed by atoms with Crippen molar-refractivity contribution >= 4 is 23.3 Å². The Labute approximate surface area is 110 Å². The summed E-state index contributed by atoms with van der Waals surface area (Å²) in [4.78, 5) is 3.24. The largest absolute Gasteiger partial charge is 0.331 e. The Kier molecular flexibility index (Phi) is 2.56. The number of fused-ring (bicyclic) bond motifs is 1. The summed E-state index contributed by atoms with van der Waals surface area (Å²) in [5, 5.41) is 4.39. The van der Waals surface area contributed by atoms with Crippen LogP contribution < -0.4 is 0 Å². The Balaban J connectivity index is 2.11. The predicted molar refractivity (Wildman–Crippen MR) is 74.2 cm³/mol. The summed E-state index contributed by atoms with van der Waals surface area (Å²) in [6.07, 6.45) is 1.94. The number of rotatable bonds is 2. The summed E-state index contributed by atoms with van der Waals surface area (Å²) in [5.41, 5.74) is 4.44. The van der Waals surface area contributed by atoms with Gasteiger partial charge in [-0.2, -0.15) is 5.10 Å². The van der Waals surface area contributed by atoms with Crippen molar-refractivity contribution in [1.29, 1.82) is 0 Å². The molecule has 0 unspecified atom stereocenters. The molecule has 4 nitrogen and oxygen atoms in total. The van der Waals surface area contributed by atoms with Gasteiger partial charge in [-0.25, -0.2) is 0 Å². The Bertz CT molecular complexity index is 763. The highest BCUT2D eigenvalue weighted by Crippen LogP contribution is 2.16. The van der Waals surface area contributed by atoms with Crippen LogP contribution in [0, 0.1) is 11.7 Å². The highest BCUT2D eigenvalue weighted by atomic mass is 32.1. The van der Waals surface area contributed by atoms with Gasteiger partial charge in [-0.05, 0) is 42.9 Å². The van der Waals surface area contributed by atoms with Crippen molar-refractivity contribution in [2.45, 2.75) is 13.5 Å². The number of hydrogen-bond donors (Lipinski definition) is 1. The summed E-state index contributed by atoms with van der Waals surface area (Å²) in [6, 6.07) is 8.31. The Morgan fingerprint density at radius 3 is 2.89 bits per heavy atom. The number of nitrogens with one attached hydrogen (secondary N) is 1. The van der Waals surface area contributed by atoms with E-state index in [1.807, 2.05) is 19.3 Å². The van der Waals surface area contributed by atoms with Gasteiger partial charge in [-0.1, -0.05) is 6.07 Å². The molecule has 2 heterocycles. The molecular formula is C13H14N4S. The summed E-state index contributed by atoms with van der Waals surface area (Å²) in [5.74, 6) is 0. The van der Waals surface area contributed by atoms with Crippen molar-refractivity contribution in [3.05, 3.63) is 46.5 Å². The van der Waals surface area contributed by atoms with E-state index in [0.29, 0.717) is 6.54 Å². The van der Waals surface area contributed by atoms with E-state index >= 15 is 0 Å². The molecule has 0 atom stereocenters. The second-order valence-corrected chi connectivity index (χ2v) is 4.90. The summed E-state index contributed by atoms with van der Waals surface area (Å²) >= 11 is 5.37. The van der Waals surface area contributed by atoms with Crippen molar-refractivity contribution in [3.63, 3.8) is 0 Å². The molecule has 5 heteroatoms. The van der Waals surface area contributed by atoms with Crippen molar-refractivity contribution in [2.24, 2.45) is 7.05 Å². The van der Waals surface area contributed by atoms with Crippen LogP contribution in [-0.2, 0) is 13.6 Å². The molecule has 0 radical (unpaired) electrons. The second-order valence-electron chi connectivity index (χ2n) is 4.52. The smallest absolute Gasteiger partial charge is 0.178 e.